The lowest BCUT2D eigenvalue weighted by Crippen LogP contribution is -2.02. The van der Waals surface area contributed by atoms with Crippen LogP contribution in [0, 0.1) is 5.82 Å². The molecule has 0 unspecified atom stereocenters. The maximum atomic E-state index is 13.4. The van der Waals surface area contributed by atoms with Gasteiger partial charge in [-0.25, -0.2) is 4.39 Å². The van der Waals surface area contributed by atoms with Gasteiger partial charge in [-0.05, 0) is 48.9 Å². The van der Waals surface area contributed by atoms with Crippen LogP contribution in [-0.2, 0) is 6.42 Å². The molecule has 88 valence electrons. The highest BCUT2D eigenvalue weighted by Crippen LogP contribution is 2.28. The van der Waals surface area contributed by atoms with Gasteiger partial charge in [0.25, 0.3) is 0 Å². The second kappa shape index (κ2) is 5.80. The second-order valence-corrected chi connectivity index (χ2v) is 4.77. The number of nitrogens with two attached hydrogens (primary N) is 1. The first-order chi connectivity index (χ1) is 8.28. The largest absolute Gasteiger partial charge is 0.330 e. The normalized spacial score (nSPS) is 10.5. The molecule has 17 heavy (non-hydrogen) atoms. The fraction of sp³-hybridized carbons (Fsp3) is 0.154. The minimum atomic E-state index is -0.215. The molecule has 2 aromatic rings. The lowest BCUT2D eigenvalue weighted by molar-refractivity contribution is 0.621. The van der Waals surface area contributed by atoms with Gasteiger partial charge < -0.3 is 5.73 Å². The lowest BCUT2D eigenvalue weighted by Gasteiger charge is -2.05. The highest BCUT2D eigenvalue weighted by molar-refractivity contribution is 7.99. The number of aromatic nitrogens is 1. The Morgan fingerprint density at radius 2 is 1.88 bits per heavy atom. The molecular formula is C13H13FN2S. The van der Waals surface area contributed by atoms with Crippen LogP contribution in [0.25, 0.3) is 0 Å². The first-order valence-electron chi connectivity index (χ1n) is 5.35. The average Bonchev–Trinajstić information content (AvgIpc) is 2.30. The molecule has 2 rings (SSSR count). The number of benzene rings is 1. The van der Waals surface area contributed by atoms with Crippen LogP contribution in [-0.4, -0.2) is 11.5 Å². The van der Waals surface area contributed by atoms with Crippen molar-refractivity contribution in [1.29, 1.82) is 0 Å². The molecule has 0 saturated carbocycles. The third-order valence-corrected chi connectivity index (χ3v) is 3.23. The van der Waals surface area contributed by atoms with Gasteiger partial charge in [0.15, 0.2) is 0 Å². The van der Waals surface area contributed by atoms with Gasteiger partial charge >= 0.3 is 0 Å². The molecule has 1 heterocycles. The third kappa shape index (κ3) is 3.54. The molecule has 1 aromatic heterocycles. The number of nitrogens with zero attached hydrogens (tertiary/aromatic N) is 1. The Hall–Kier alpha value is -1.39. The molecule has 0 aliphatic rings. The first kappa shape index (κ1) is 12.1. The predicted molar refractivity (Wildman–Crippen MR) is 67.5 cm³/mol. The molecule has 2 N–H and O–H groups in total. The smallest absolute Gasteiger partial charge is 0.124 e. The van der Waals surface area contributed by atoms with Crippen LogP contribution in [0.15, 0.2) is 52.5 Å². The summed E-state index contributed by atoms with van der Waals surface area (Å²) in [7, 11) is 0. The highest BCUT2D eigenvalue weighted by atomic mass is 32.2. The van der Waals surface area contributed by atoms with Crippen LogP contribution in [0.4, 0.5) is 4.39 Å². The van der Waals surface area contributed by atoms with E-state index in [9.17, 15) is 4.39 Å². The van der Waals surface area contributed by atoms with E-state index in [0.717, 1.165) is 15.4 Å². The minimum absolute atomic E-state index is 0.215. The van der Waals surface area contributed by atoms with E-state index in [0.29, 0.717) is 13.0 Å². The van der Waals surface area contributed by atoms with Crippen molar-refractivity contribution in [3.63, 3.8) is 0 Å². The van der Waals surface area contributed by atoms with Crippen LogP contribution < -0.4 is 5.73 Å². The molecule has 0 amide bonds. The van der Waals surface area contributed by atoms with Crippen molar-refractivity contribution < 1.29 is 4.39 Å². The number of pyridine rings is 1. The lowest BCUT2D eigenvalue weighted by atomic mass is 10.1. The second-order valence-electron chi connectivity index (χ2n) is 3.62. The van der Waals surface area contributed by atoms with Crippen molar-refractivity contribution in [2.75, 3.05) is 6.54 Å². The first-order valence-corrected chi connectivity index (χ1v) is 6.17. The van der Waals surface area contributed by atoms with E-state index in [-0.39, 0.29) is 5.82 Å². The van der Waals surface area contributed by atoms with Crippen molar-refractivity contribution >= 4 is 11.8 Å². The van der Waals surface area contributed by atoms with Crippen molar-refractivity contribution in [3.05, 3.63) is 54.1 Å². The number of hydrogen-bond donors (Lipinski definition) is 1. The molecule has 2 nitrogen and oxygen atoms in total. The molecule has 0 fully saturated rings. The summed E-state index contributed by atoms with van der Waals surface area (Å²) >= 11 is 1.52. The molecule has 0 aliphatic carbocycles. The zero-order chi connectivity index (χ0) is 12.1. The van der Waals surface area contributed by atoms with E-state index in [4.69, 9.17) is 5.73 Å². The predicted octanol–water partition coefficient (Wildman–Crippen LogP) is 2.87. The molecule has 1 aromatic carbocycles. The van der Waals surface area contributed by atoms with Gasteiger partial charge in [0.2, 0.25) is 0 Å². The maximum Gasteiger partial charge on any atom is 0.124 e. The molecule has 4 heteroatoms. The van der Waals surface area contributed by atoms with E-state index in [1.54, 1.807) is 12.4 Å². The number of halogens is 1. The van der Waals surface area contributed by atoms with Crippen molar-refractivity contribution in [3.8, 4) is 0 Å². The van der Waals surface area contributed by atoms with Crippen molar-refractivity contribution in [2.24, 2.45) is 5.73 Å². The SMILES string of the molecule is NCCc1cc(F)cc(Sc2ccncc2)c1. The molecule has 0 atom stereocenters. The summed E-state index contributed by atoms with van der Waals surface area (Å²) in [5, 5.41) is 0. The number of rotatable bonds is 4. The summed E-state index contributed by atoms with van der Waals surface area (Å²) in [5.74, 6) is -0.215. The van der Waals surface area contributed by atoms with Gasteiger partial charge in [0, 0.05) is 22.2 Å². The van der Waals surface area contributed by atoms with Crippen LogP contribution in [0.2, 0.25) is 0 Å². The summed E-state index contributed by atoms with van der Waals surface area (Å²) in [6, 6.07) is 8.84. The van der Waals surface area contributed by atoms with Crippen LogP contribution in [0.1, 0.15) is 5.56 Å². The molecule has 0 spiro atoms. The average molecular weight is 248 g/mol. The van der Waals surface area contributed by atoms with E-state index in [1.807, 2.05) is 18.2 Å². The Labute approximate surface area is 104 Å². The monoisotopic (exact) mass is 248 g/mol. The van der Waals surface area contributed by atoms with Crippen LogP contribution >= 0.6 is 11.8 Å². The maximum absolute atomic E-state index is 13.4. The van der Waals surface area contributed by atoms with Crippen molar-refractivity contribution in [2.45, 2.75) is 16.2 Å². The summed E-state index contributed by atoms with van der Waals surface area (Å²) in [6.45, 7) is 0.531. The molecule has 0 bridgehead atoms. The summed E-state index contributed by atoms with van der Waals surface area (Å²) in [6.07, 6.45) is 4.15. The Kier molecular flexibility index (Phi) is 4.12. The molecule has 0 radical (unpaired) electrons. The van der Waals surface area contributed by atoms with Gasteiger partial charge in [0.05, 0.1) is 0 Å². The zero-order valence-corrected chi connectivity index (χ0v) is 10.1. The van der Waals surface area contributed by atoms with Crippen LogP contribution in [0.5, 0.6) is 0 Å². The van der Waals surface area contributed by atoms with Gasteiger partial charge in [-0.2, -0.15) is 0 Å². The molecule has 0 aliphatic heterocycles. The Morgan fingerprint density at radius 1 is 1.12 bits per heavy atom. The fourth-order valence-corrected chi connectivity index (χ4v) is 2.44. The van der Waals surface area contributed by atoms with E-state index in [2.05, 4.69) is 4.98 Å². The number of hydrogen-bond acceptors (Lipinski definition) is 3. The topological polar surface area (TPSA) is 38.9 Å². The van der Waals surface area contributed by atoms with E-state index >= 15 is 0 Å². The van der Waals surface area contributed by atoms with Gasteiger partial charge in [-0.1, -0.05) is 11.8 Å². The highest BCUT2D eigenvalue weighted by Gasteiger charge is 2.02. The quantitative estimate of drug-likeness (QED) is 0.904. The van der Waals surface area contributed by atoms with Gasteiger partial charge in [-0.3, -0.25) is 4.98 Å². The van der Waals surface area contributed by atoms with Gasteiger partial charge in [-0.15, -0.1) is 0 Å². The van der Waals surface area contributed by atoms with E-state index < -0.39 is 0 Å². The third-order valence-electron chi connectivity index (χ3n) is 2.25. The van der Waals surface area contributed by atoms with Crippen LogP contribution in [0.3, 0.4) is 0 Å². The van der Waals surface area contributed by atoms with Gasteiger partial charge in [0.1, 0.15) is 5.82 Å². The fourth-order valence-electron chi connectivity index (χ4n) is 1.53. The molecule has 0 saturated heterocycles. The van der Waals surface area contributed by atoms with Crippen molar-refractivity contribution in [1.82, 2.24) is 4.98 Å². The Morgan fingerprint density at radius 3 is 2.59 bits per heavy atom. The summed E-state index contributed by atoms with van der Waals surface area (Å²) in [5.41, 5.74) is 6.41. The summed E-state index contributed by atoms with van der Waals surface area (Å²) < 4.78 is 13.4. The Bertz CT molecular complexity index is 488. The standard InChI is InChI=1S/C13H13FN2S/c14-11-7-10(1-4-15)8-13(9-11)17-12-2-5-16-6-3-12/h2-3,5-9H,1,4,15H2. The summed E-state index contributed by atoms with van der Waals surface area (Å²) in [4.78, 5) is 5.88. The Balaban J connectivity index is 2.21. The zero-order valence-electron chi connectivity index (χ0n) is 9.27. The minimum Gasteiger partial charge on any atom is -0.330 e. The molecular weight excluding hydrogens is 235 g/mol. The van der Waals surface area contributed by atoms with E-state index in [1.165, 1.54) is 23.9 Å².